The molecule has 0 aliphatic carbocycles. The van der Waals surface area contributed by atoms with Gasteiger partial charge in [0.2, 0.25) is 5.91 Å². The second-order valence-corrected chi connectivity index (χ2v) is 5.28. The highest BCUT2D eigenvalue weighted by atomic mass is 16.4. The van der Waals surface area contributed by atoms with Gasteiger partial charge in [-0.1, -0.05) is 6.92 Å². The zero-order valence-electron chi connectivity index (χ0n) is 12.4. The number of rotatable bonds is 7. The third kappa shape index (κ3) is 6.44. The molecular weight excluding hydrogens is 276 g/mol. The van der Waals surface area contributed by atoms with Gasteiger partial charge in [0.05, 0.1) is 0 Å². The Morgan fingerprint density at radius 3 is 2.38 bits per heavy atom. The van der Waals surface area contributed by atoms with Gasteiger partial charge in [0, 0.05) is 6.54 Å². The normalized spacial score (nSPS) is 16.4. The van der Waals surface area contributed by atoms with Crippen molar-refractivity contribution in [1.82, 2.24) is 15.1 Å². The van der Waals surface area contributed by atoms with Crippen LogP contribution in [0.4, 0.5) is 4.79 Å². The molecule has 3 amide bonds. The zero-order chi connectivity index (χ0) is 15.8. The van der Waals surface area contributed by atoms with Crippen molar-refractivity contribution in [1.29, 1.82) is 0 Å². The number of carbonyl (C=O) groups excluding carboxylic acids is 2. The number of hydrogen-bond donors (Lipinski definition) is 3. The predicted molar refractivity (Wildman–Crippen MR) is 76.6 cm³/mol. The molecule has 1 saturated heterocycles. The molecule has 0 aromatic carbocycles. The number of nitrogens with zero attached hydrogens (tertiary/aromatic N) is 2. The average molecular weight is 300 g/mol. The molecule has 1 fully saturated rings. The van der Waals surface area contributed by atoms with Crippen molar-refractivity contribution < 1.29 is 19.5 Å². The predicted octanol–water partition coefficient (Wildman–Crippen LogP) is -0.700. The molecule has 21 heavy (non-hydrogen) atoms. The first-order valence-corrected chi connectivity index (χ1v) is 7.17. The van der Waals surface area contributed by atoms with Gasteiger partial charge in [0.25, 0.3) is 0 Å². The Morgan fingerprint density at radius 1 is 1.29 bits per heavy atom. The molecule has 8 nitrogen and oxygen atoms in total. The average Bonchev–Trinajstić information content (AvgIpc) is 2.43. The molecule has 0 radical (unpaired) electrons. The molecule has 0 spiro atoms. The summed E-state index contributed by atoms with van der Waals surface area (Å²) in [6, 6.07) is -0.561. The Morgan fingerprint density at radius 2 is 1.90 bits per heavy atom. The summed E-state index contributed by atoms with van der Waals surface area (Å²) in [5, 5.41) is 11.4. The maximum Gasteiger partial charge on any atom is 0.323 e. The van der Waals surface area contributed by atoms with Gasteiger partial charge < -0.3 is 26.0 Å². The van der Waals surface area contributed by atoms with Gasteiger partial charge in [0.1, 0.15) is 13.1 Å². The summed E-state index contributed by atoms with van der Waals surface area (Å²) in [6.45, 7) is 4.73. The largest absolute Gasteiger partial charge is 0.480 e. The van der Waals surface area contributed by atoms with E-state index in [0.717, 1.165) is 37.4 Å². The zero-order valence-corrected chi connectivity index (χ0v) is 12.4. The number of likely N-dealkylation sites (tertiary alicyclic amines) is 1. The summed E-state index contributed by atoms with van der Waals surface area (Å²) in [5.41, 5.74) is 5.02. The van der Waals surface area contributed by atoms with E-state index in [2.05, 4.69) is 17.1 Å². The minimum Gasteiger partial charge on any atom is -0.480 e. The summed E-state index contributed by atoms with van der Waals surface area (Å²) < 4.78 is 0. The van der Waals surface area contributed by atoms with E-state index in [1.54, 1.807) is 0 Å². The molecule has 1 rings (SSSR count). The first kappa shape index (κ1) is 17.2. The first-order chi connectivity index (χ1) is 9.92. The number of aliphatic carboxylic acids is 1. The lowest BCUT2D eigenvalue weighted by Crippen LogP contribution is -2.48. The van der Waals surface area contributed by atoms with Crippen molar-refractivity contribution in [2.75, 3.05) is 39.3 Å². The maximum atomic E-state index is 11.9. The van der Waals surface area contributed by atoms with E-state index in [9.17, 15) is 14.4 Å². The van der Waals surface area contributed by atoms with Crippen LogP contribution in [0.3, 0.4) is 0 Å². The molecule has 0 atom stereocenters. The van der Waals surface area contributed by atoms with Crippen LogP contribution in [-0.4, -0.2) is 72.1 Å². The van der Waals surface area contributed by atoms with Gasteiger partial charge in [-0.25, -0.2) is 4.79 Å². The lowest BCUT2D eigenvalue weighted by Gasteiger charge is -2.31. The molecule has 0 bridgehead atoms. The van der Waals surface area contributed by atoms with Crippen LogP contribution in [-0.2, 0) is 9.59 Å². The Labute approximate surface area is 124 Å². The van der Waals surface area contributed by atoms with E-state index in [1.165, 1.54) is 0 Å². The van der Waals surface area contributed by atoms with Crippen molar-refractivity contribution >= 4 is 17.9 Å². The molecule has 0 aromatic rings. The van der Waals surface area contributed by atoms with Gasteiger partial charge in [-0.3, -0.25) is 9.59 Å². The second-order valence-electron chi connectivity index (χ2n) is 5.28. The lowest BCUT2D eigenvalue weighted by atomic mass is 9.97. The van der Waals surface area contributed by atoms with E-state index < -0.39 is 31.0 Å². The summed E-state index contributed by atoms with van der Waals surface area (Å²) >= 11 is 0. The second kappa shape index (κ2) is 8.46. The van der Waals surface area contributed by atoms with Crippen LogP contribution in [0.1, 0.15) is 19.8 Å². The van der Waals surface area contributed by atoms with E-state index in [0.29, 0.717) is 12.5 Å². The van der Waals surface area contributed by atoms with E-state index in [-0.39, 0.29) is 0 Å². The number of carboxylic acids is 1. The van der Waals surface area contributed by atoms with Crippen LogP contribution < -0.4 is 11.1 Å². The standard InChI is InChI=1S/C13H24N4O4/c1-2-16-5-3-10(4-6-16)7-15-13(21)17(8-11(14)18)9-12(19)20/h10H,2-9H2,1H3,(H2,14,18)(H,15,21)(H,19,20). The van der Waals surface area contributed by atoms with Crippen molar-refractivity contribution in [3.05, 3.63) is 0 Å². The fraction of sp³-hybridized carbons (Fsp3) is 0.769. The number of amides is 3. The van der Waals surface area contributed by atoms with Crippen LogP contribution >= 0.6 is 0 Å². The Hall–Kier alpha value is -1.83. The van der Waals surface area contributed by atoms with Gasteiger partial charge >= 0.3 is 12.0 Å². The Kier molecular flexibility index (Phi) is 6.93. The quantitative estimate of drug-likeness (QED) is 0.575. The summed E-state index contributed by atoms with van der Waals surface area (Å²) in [6.07, 6.45) is 2.01. The molecule has 1 aliphatic rings. The molecular formula is C13H24N4O4. The Bertz CT molecular complexity index is 364. The summed E-state index contributed by atoms with van der Waals surface area (Å²) in [5.74, 6) is -1.53. The van der Waals surface area contributed by atoms with Gasteiger partial charge in [-0.2, -0.15) is 0 Å². The molecule has 1 heterocycles. The Balaban J connectivity index is 2.39. The van der Waals surface area contributed by atoms with Gasteiger partial charge in [-0.05, 0) is 38.4 Å². The number of piperidine rings is 1. The summed E-state index contributed by atoms with van der Waals surface area (Å²) in [7, 11) is 0. The van der Waals surface area contributed by atoms with E-state index in [1.807, 2.05) is 0 Å². The lowest BCUT2D eigenvalue weighted by molar-refractivity contribution is -0.137. The third-order valence-corrected chi connectivity index (χ3v) is 3.66. The number of hydrogen-bond acceptors (Lipinski definition) is 4. The van der Waals surface area contributed by atoms with Crippen molar-refractivity contribution in [2.24, 2.45) is 11.7 Å². The molecule has 0 aromatic heterocycles. The van der Waals surface area contributed by atoms with Gasteiger partial charge in [0.15, 0.2) is 0 Å². The minimum atomic E-state index is -1.18. The maximum absolute atomic E-state index is 11.9. The fourth-order valence-electron chi connectivity index (χ4n) is 2.40. The molecule has 1 aliphatic heterocycles. The number of urea groups is 1. The number of nitrogens with one attached hydrogen (secondary N) is 1. The minimum absolute atomic E-state index is 0.386. The molecule has 0 saturated carbocycles. The SMILES string of the molecule is CCN1CCC(CNC(=O)N(CC(N)=O)CC(=O)O)CC1. The van der Waals surface area contributed by atoms with Crippen LogP contribution in [0, 0.1) is 5.92 Å². The van der Waals surface area contributed by atoms with Crippen molar-refractivity contribution in [3.8, 4) is 0 Å². The van der Waals surface area contributed by atoms with Crippen LogP contribution in [0.5, 0.6) is 0 Å². The van der Waals surface area contributed by atoms with Crippen LogP contribution in [0.15, 0.2) is 0 Å². The highest BCUT2D eigenvalue weighted by Gasteiger charge is 2.22. The van der Waals surface area contributed by atoms with Gasteiger partial charge in [-0.15, -0.1) is 0 Å². The number of carbonyl (C=O) groups is 3. The van der Waals surface area contributed by atoms with E-state index in [4.69, 9.17) is 10.8 Å². The monoisotopic (exact) mass is 300 g/mol. The molecule has 8 heteroatoms. The number of carboxylic acid groups (broad SMARTS) is 1. The smallest absolute Gasteiger partial charge is 0.323 e. The number of primary amides is 1. The van der Waals surface area contributed by atoms with Crippen molar-refractivity contribution in [2.45, 2.75) is 19.8 Å². The van der Waals surface area contributed by atoms with E-state index >= 15 is 0 Å². The topological polar surface area (TPSA) is 116 Å². The highest BCUT2D eigenvalue weighted by molar-refractivity contribution is 5.85. The number of nitrogens with two attached hydrogens (primary N) is 1. The molecule has 4 N–H and O–H groups in total. The fourth-order valence-corrected chi connectivity index (χ4v) is 2.40. The summed E-state index contributed by atoms with van der Waals surface area (Å²) in [4.78, 5) is 36.7. The molecule has 120 valence electrons. The molecule has 0 unspecified atom stereocenters. The van der Waals surface area contributed by atoms with Crippen molar-refractivity contribution in [3.63, 3.8) is 0 Å². The van der Waals surface area contributed by atoms with Crippen LogP contribution in [0.2, 0.25) is 0 Å². The van der Waals surface area contributed by atoms with Crippen LogP contribution in [0.25, 0.3) is 0 Å². The third-order valence-electron chi connectivity index (χ3n) is 3.66. The highest BCUT2D eigenvalue weighted by Crippen LogP contribution is 2.15. The first-order valence-electron chi connectivity index (χ1n) is 7.17.